The van der Waals surface area contributed by atoms with E-state index in [0.29, 0.717) is 48.9 Å². The number of aliphatic carboxylic acids is 1. The number of carboxylic acid groups (broad SMARTS) is 1. The number of ether oxygens (including phenoxy) is 1. The average Bonchev–Trinajstić information content (AvgIpc) is 2.78. The Morgan fingerprint density at radius 3 is 2.46 bits per heavy atom. The number of halogens is 4. The first-order valence-corrected chi connectivity index (χ1v) is 11.7. The first-order chi connectivity index (χ1) is 16.4. The molecule has 2 aromatic rings. The predicted molar refractivity (Wildman–Crippen MR) is 126 cm³/mol. The smallest absolute Gasteiger partial charge is 0.416 e. The summed E-state index contributed by atoms with van der Waals surface area (Å²) in [6, 6.07) is 9.70. The van der Waals surface area contributed by atoms with Gasteiger partial charge in [0.25, 0.3) is 0 Å². The third kappa shape index (κ3) is 7.35. The van der Waals surface area contributed by atoms with Crippen LogP contribution in [0.2, 0.25) is 5.02 Å². The van der Waals surface area contributed by atoms with Crippen molar-refractivity contribution < 1.29 is 32.6 Å². The fraction of sp³-hybridized carbons (Fsp3) is 0.440. The Morgan fingerprint density at radius 2 is 1.86 bits per heavy atom. The van der Waals surface area contributed by atoms with Crippen LogP contribution in [-0.4, -0.2) is 65.1 Å². The number of rotatable bonds is 8. The lowest BCUT2D eigenvalue weighted by atomic mass is 10.1. The molecule has 1 fully saturated rings. The maximum Gasteiger partial charge on any atom is 0.416 e. The molecule has 2 aromatic carbocycles. The molecule has 0 aliphatic carbocycles. The standard InChI is InChI=1S/C25H28ClF3N2O4/c1-16-15-30(10-9-19-14-21(26)7-8-22(19)35-17(2)24(33)34)11-12-31(16)23(32)13-18-3-5-20(6-4-18)25(27,28)29/h3-8,14,16-17H,9-13,15H2,1-2H3,(H,33,34). The van der Waals surface area contributed by atoms with Crippen LogP contribution in [0.5, 0.6) is 5.75 Å². The quantitative estimate of drug-likeness (QED) is 0.563. The number of carboxylic acids is 1. The third-order valence-corrected chi connectivity index (χ3v) is 6.28. The van der Waals surface area contributed by atoms with Crippen LogP contribution in [0.1, 0.15) is 30.5 Å². The van der Waals surface area contributed by atoms with Crippen LogP contribution in [-0.2, 0) is 28.6 Å². The van der Waals surface area contributed by atoms with Crippen molar-refractivity contribution in [2.45, 2.75) is 45.0 Å². The normalized spacial score (nSPS) is 17.8. The predicted octanol–water partition coefficient (Wildman–Crippen LogP) is 4.53. The molecule has 6 nitrogen and oxygen atoms in total. The first kappa shape index (κ1) is 26.8. The Hall–Kier alpha value is -2.78. The van der Waals surface area contributed by atoms with Crippen LogP contribution in [0.25, 0.3) is 0 Å². The summed E-state index contributed by atoms with van der Waals surface area (Å²) in [5.74, 6) is -0.704. The summed E-state index contributed by atoms with van der Waals surface area (Å²) in [5.41, 5.74) is 0.613. The van der Waals surface area contributed by atoms with E-state index in [1.807, 2.05) is 6.92 Å². The molecule has 1 amide bonds. The second kappa shape index (κ2) is 11.3. The molecule has 1 heterocycles. The van der Waals surface area contributed by atoms with Crippen molar-refractivity contribution >= 4 is 23.5 Å². The summed E-state index contributed by atoms with van der Waals surface area (Å²) >= 11 is 6.13. The molecule has 1 aliphatic rings. The van der Waals surface area contributed by atoms with E-state index >= 15 is 0 Å². The Labute approximate surface area is 207 Å². The van der Waals surface area contributed by atoms with Crippen molar-refractivity contribution in [1.29, 1.82) is 0 Å². The number of hydrogen-bond donors (Lipinski definition) is 1. The van der Waals surface area contributed by atoms with E-state index in [4.69, 9.17) is 21.4 Å². The lowest BCUT2D eigenvalue weighted by molar-refractivity contribution is -0.144. The topological polar surface area (TPSA) is 70.1 Å². The molecule has 0 aromatic heterocycles. The number of alkyl halides is 3. The monoisotopic (exact) mass is 512 g/mol. The number of nitrogens with zero attached hydrogens (tertiary/aromatic N) is 2. The maximum atomic E-state index is 12.8. The molecule has 3 rings (SSSR count). The minimum Gasteiger partial charge on any atom is -0.479 e. The van der Waals surface area contributed by atoms with Gasteiger partial charge in [0.2, 0.25) is 5.91 Å². The lowest BCUT2D eigenvalue weighted by Gasteiger charge is -2.40. The van der Waals surface area contributed by atoms with Gasteiger partial charge in [0, 0.05) is 37.2 Å². The zero-order valence-electron chi connectivity index (χ0n) is 19.5. The molecule has 2 unspecified atom stereocenters. The first-order valence-electron chi connectivity index (χ1n) is 11.3. The zero-order valence-corrected chi connectivity index (χ0v) is 20.3. The van der Waals surface area contributed by atoms with Gasteiger partial charge in [-0.05, 0) is 61.7 Å². The SMILES string of the molecule is CC(Oc1ccc(Cl)cc1CCN1CCN(C(=O)Cc2ccc(C(F)(F)F)cc2)C(C)C1)C(=O)O. The zero-order chi connectivity index (χ0) is 25.8. The molecular formula is C25H28ClF3N2O4. The van der Waals surface area contributed by atoms with Crippen molar-refractivity contribution in [3.8, 4) is 5.75 Å². The van der Waals surface area contributed by atoms with Gasteiger partial charge >= 0.3 is 12.1 Å². The summed E-state index contributed by atoms with van der Waals surface area (Å²) in [6.45, 7) is 5.87. The van der Waals surface area contributed by atoms with E-state index in [1.54, 1.807) is 23.1 Å². The highest BCUT2D eigenvalue weighted by atomic mass is 35.5. The van der Waals surface area contributed by atoms with Crippen molar-refractivity contribution in [3.05, 3.63) is 64.2 Å². The molecule has 1 N–H and O–H groups in total. The molecule has 1 saturated heterocycles. The fourth-order valence-corrected chi connectivity index (χ4v) is 4.27. The van der Waals surface area contributed by atoms with Crippen molar-refractivity contribution in [3.63, 3.8) is 0 Å². The molecule has 0 bridgehead atoms. The highest BCUT2D eigenvalue weighted by Gasteiger charge is 2.31. The highest BCUT2D eigenvalue weighted by Crippen LogP contribution is 2.29. The van der Waals surface area contributed by atoms with Crippen LogP contribution < -0.4 is 4.74 Å². The Balaban J connectivity index is 1.55. The van der Waals surface area contributed by atoms with E-state index in [9.17, 15) is 22.8 Å². The van der Waals surface area contributed by atoms with Crippen LogP contribution in [0.3, 0.4) is 0 Å². The molecule has 1 aliphatic heterocycles. The van der Waals surface area contributed by atoms with Gasteiger partial charge in [-0.1, -0.05) is 23.7 Å². The number of carbonyl (C=O) groups is 2. The summed E-state index contributed by atoms with van der Waals surface area (Å²) < 4.78 is 43.8. The van der Waals surface area contributed by atoms with Crippen LogP contribution in [0.4, 0.5) is 13.2 Å². The largest absolute Gasteiger partial charge is 0.479 e. The summed E-state index contributed by atoms with van der Waals surface area (Å²) in [5, 5.41) is 9.65. The Kier molecular flexibility index (Phi) is 8.66. The van der Waals surface area contributed by atoms with Gasteiger partial charge in [0.15, 0.2) is 6.10 Å². The molecule has 190 valence electrons. The Morgan fingerprint density at radius 1 is 1.17 bits per heavy atom. The van der Waals surface area contributed by atoms with E-state index in [2.05, 4.69) is 4.90 Å². The molecule has 0 spiro atoms. The van der Waals surface area contributed by atoms with Crippen LogP contribution >= 0.6 is 11.6 Å². The number of benzene rings is 2. The van der Waals surface area contributed by atoms with Gasteiger partial charge < -0.3 is 14.7 Å². The van der Waals surface area contributed by atoms with E-state index < -0.39 is 23.8 Å². The molecule has 35 heavy (non-hydrogen) atoms. The number of hydrogen-bond acceptors (Lipinski definition) is 4. The summed E-state index contributed by atoms with van der Waals surface area (Å²) in [6.07, 6.45) is -4.75. The minimum atomic E-state index is -4.40. The molecular weight excluding hydrogens is 485 g/mol. The van der Waals surface area contributed by atoms with Crippen molar-refractivity contribution in [1.82, 2.24) is 9.80 Å². The van der Waals surface area contributed by atoms with Gasteiger partial charge in [0.1, 0.15) is 5.75 Å². The van der Waals surface area contributed by atoms with Gasteiger partial charge in [-0.25, -0.2) is 4.79 Å². The van der Waals surface area contributed by atoms with Crippen LogP contribution in [0.15, 0.2) is 42.5 Å². The highest BCUT2D eigenvalue weighted by molar-refractivity contribution is 6.30. The number of piperazine rings is 1. The second-order valence-corrected chi connectivity index (χ2v) is 9.15. The summed E-state index contributed by atoms with van der Waals surface area (Å²) in [7, 11) is 0. The van der Waals surface area contributed by atoms with Gasteiger partial charge in [0.05, 0.1) is 12.0 Å². The molecule has 0 saturated carbocycles. The number of carbonyl (C=O) groups excluding carboxylic acids is 1. The van der Waals surface area contributed by atoms with Crippen molar-refractivity contribution in [2.24, 2.45) is 0 Å². The van der Waals surface area contributed by atoms with Gasteiger partial charge in [-0.2, -0.15) is 13.2 Å². The molecule has 2 atom stereocenters. The maximum absolute atomic E-state index is 12.8. The minimum absolute atomic E-state index is 0.0491. The Bertz CT molecular complexity index is 1050. The van der Waals surface area contributed by atoms with Gasteiger partial charge in [-0.15, -0.1) is 0 Å². The number of amides is 1. The van der Waals surface area contributed by atoms with E-state index in [-0.39, 0.29) is 18.4 Å². The second-order valence-electron chi connectivity index (χ2n) is 8.71. The van der Waals surface area contributed by atoms with Crippen LogP contribution in [0, 0.1) is 0 Å². The summed E-state index contributed by atoms with van der Waals surface area (Å²) in [4.78, 5) is 27.9. The average molecular weight is 513 g/mol. The molecule has 0 radical (unpaired) electrons. The fourth-order valence-electron chi connectivity index (χ4n) is 4.07. The lowest BCUT2D eigenvalue weighted by Crippen LogP contribution is -2.54. The third-order valence-electron chi connectivity index (χ3n) is 6.04. The van der Waals surface area contributed by atoms with E-state index in [0.717, 1.165) is 17.7 Å². The van der Waals surface area contributed by atoms with Gasteiger partial charge in [-0.3, -0.25) is 9.69 Å². The molecule has 10 heteroatoms. The van der Waals surface area contributed by atoms with Crippen molar-refractivity contribution in [2.75, 3.05) is 26.2 Å². The van der Waals surface area contributed by atoms with E-state index in [1.165, 1.54) is 19.1 Å².